The van der Waals surface area contributed by atoms with Crippen molar-refractivity contribution in [1.29, 1.82) is 0 Å². The molecule has 0 aromatic heterocycles. The molecule has 0 saturated heterocycles. The molecule has 0 amide bonds. The number of hydrogen-bond acceptors (Lipinski definition) is 4. The average molecular weight is 463 g/mol. The predicted molar refractivity (Wildman–Crippen MR) is 123 cm³/mol. The first-order chi connectivity index (χ1) is 14.6. The molecule has 1 atom stereocenters. The highest BCUT2D eigenvalue weighted by Gasteiger charge is 2.45. The molecule has 2 aromatic rings. The SMILES string of the molecule is CCCCCCCC(C(=[N+]=[N-])S(=O)(=O)c1ccc(C)cc1)S(=O)(=O)c1ccc(C)cc1. The van der Waals surface area contributed by atoms with Crippen LogP contribution < -0.4 is 0 Å². The monoisotopic (exact) mass is 462 g/mol. The smallest absolute Gasteiger partial charge is 0.360 e. The van der Waals surface area contributed by atoms with Gasteiger partial charge in [-0.3, -0.25) is 0 Å². The van der Waals surface area contributed by atoms with Crippen molar-refractivity contribution in [2.24, 2.45) is 0 Å². The van der Waals surface area contributed by atoms with Gasteiger partial charge in [0.05, 0.1) is 9.79 Å². The third kappa shape index (κ3) is 6.12. The van der Waals surface area contributed by atoms with Gasteiger partial charge in [0.2, 0.25) is 0 Å². The Balaban J connectivity index is 2.50. The Kier molecular flexibility index (Phi) is 8.74. The van der Waals surface area contributed by atoms with Crippen LogP contribution >= 0.6 is 0 Å². The van der Waals surface area contributed by atoms with Crippen molar-refractivity contribution in [3.8, 4) is 0 Å². The Bertz CT molecular complexity index is 1130. The van der Waals surface area contributed by atoms with Gasteiger partial charge in [0, 0.05) is 0 Å². The molecule has 31 heavy (non-hydrogen) atoms. The lowest BCUT2D eigenvalue weighted by Gasteiger charge is -2.15. The van der Waals surface area contributed by atoms with Crippen LogP contribution in [-0.2, 0) is 19.7 Å². The van der Waals surface area contributed by atoms with E-state index in [0.29, 0.717) is 6.42 Å². The summed E-state index contributed by atoms with van der Waals surface area (Å²) < 4.78 is 53.3. The lowest BCUT2D eigenvalue weighted by molar-refractivity contribution is -0.00318. The molecule has 0 aliphatic heterocycles. The number of hydrogen-bond donors (Lipinski definition) is 0. The molecule has 0 radical (unpaired) electrons. The molecular formula is C23H30N2O4S2. The topological polar surface area (TPSA) is 105 Å². The number of benzene rings is 2. The van der Waals surface area contributed by atoms with Gasteiger partial charge in [-0.1, -0.05) is 74.4 Å². The van der Waals surface area contributed by atoms with E-state index in [1.165, 1.54) is 24.3 Å². The summed E-state index contributed by atoms with van der Waals surface area (Å²) in [6.45, 7) is 5.73. The largest absolute Gasteiger partial charge is 0.404 e. The number of nitrogens with zero attached hydrogens (tertiary/aromatic N) is 2. The molecule has 0 N–H and O–H groups in total. The van der Waals surface area contributed by atoms with Crippen LogP contribution in [0.4, 0.5) is 0 Å². The van der Waals surface area contributed by atoms with E-state index in [-0.39, 0.29) is 16.2 Å². The number of aryl methyl sites for hydroxylation is 2. The molecule has 0 spiro atoms. The van der Waals surface area contributed by atoms with E-state index in [2.05, 4.69) is 11.7 Å². The Morgan fingerprint density at radius 3 is 1.77 bits per heavy atom. The van der Waals surface area contributed by atoms with E-state index >= 15 is 0 Å². The fourth-order valence-electron chi connectivity index (χ4n) is 3.37. The second-order valence-electron chi connectivity index (χ2n) is 7.80. The third-order valence-corrected chi connectivity index (χ3v) is 9.37. The van der Waals surface area contributed by atoms with Gasteiger partial charge in [-0.25, -0.2) is 16.8 Å². The van der Waals surface area contributed by atoms with Crippen molar-refractivity contribution in [2.45, 2.75) is 74.3 Å². The normalized spacial score (nSPS) is 12.9. The predicted octanol–water partition coefficient (Wildman–Crippen LogP) is 4.91. The van der Waals surface area contributed by atoms with Gasteiger partial charge in [0.1, 0.15) is 0 Å². The molecule has 0 heterocycles. The minimum Gasteiger partial charge on any atom is -0.360 e. The summed E-state index contributed by atoms with van der Waals surface area (Å²) in [5, 5.41) is -2.19. The molecule has 0 aliphatic carbocycles. The quantitative estimate of drug-likeness (QED) is 0.164. The Morgan fingerprint density at radius 2 is 1.29 bits per heavy atom. The van der Waals surface area contributed by atoms with E-state index in [4.69, 9.17) is 0 Å². The Morgan fingerprint density at radius 1 is 0.806 bits per heavy atom. The Hall–Kier alpha value is -2.28. The maximum atomic E-state index is 13.4. The van der Waals surface area contributed by atoms with E-state index in [9.17, 15) is 22.4 Å². The van der Waals surface area contributed by atoms with Gasteiger partial charge in [-0.05, 0) is 44.5 Å². The summed E-state index contributed by atoms with van der Waals surface area (Å²) in [4.78, 5) is 2.95. The number of rotatable bonds is 10. The van der Waals surface area contributed by atoms with Crippen molar-refractivity contribution in [1.82, 2.24) is 0 Å². The van der Waals surface area contributed by atoms with Gasteiger partial charge in [0.15, 0.2) is 15.1 Å². The summed E-state index contributed by atoms with van der Waals surface area (Å²) in [5.41, 5.74) is 11.4. The lowest BCUT2D eigenvalue weighted by atomic mass is 10.1. The first-order valence-electron chi connectivity index (χ1n) is 10.5. The number of unbranched alkanes of at least 4 members (excludes halogenated alkanes) is 4. The minimum absolute atomic E-state index is 0.0110. The zero-order valence-corrected chi connectivity index (χ0v) is 19.9. The lowest BCUT2D eigenvalue weighted by Crippen LogP contribution is -2.36. The van der Waals surface area contributed by atoms with Crippen LogP contribution in [0.1, 0.15) is 56.6 Å². The van der Waals surface area contributed by atoms with Crippen LogP contribution in [0.15, 0.2) is 58.3 Å². The summed E-state index contributed by atoms with van der Waals surface area (Å²) >= 11 is 0. The van der Waals surface area contributed by atoms with Crippen LogP contribution in [-0.4, -0.2) is 31.9 Å². The molecule has 0 bridgehead atoms. The standard InChI is InChI=1S/C23H30N2O4S2/c1-4-5-6-7-8-9-22(30(26,27)20-14-10-18(2)11-15-20)23(25-24)31(28,29)21-16-12-19(3)13-17-21/h10-17,22H,4-9H2,1-3H3. The van der Waals surface area contributed by atoms with E-state index in [1.54, 1.807) is 24.3 Å². The van der Waals surface area contributed by atoms with Crippen LogP contribution in [0.5, 0.6) is 0 Å². The van der Waals surface area contributed by atoms with Crippen LogP contribution in [0.2, 0.25) is 0 Å². The first kappa shape index (κ1) is 25.0. The van der Waals surface area contributed by atoms with Gasteiger partial charge in [-0.15, -0.1) is 0 Å². The molecule has 1 unspecified atom stereocenters. The molecule has 0 saturated carbocycles. The van der Waals surface area contributed by atoms with Gasteiger partial charge in [-0.2, -0.15) is 4.79 Å². The molecule has 8 heteroatoms. The molecule has 0 aliphatic rings. The highest BCUT2D eigenvalue weighted by molar-refractivity contribution is 8.08. The number of sulfone groups is 2. The summed E-state index contributed by atoms with van der Waals surface area (Å²) in [6.07, 6.45) is 4.35. The molecule has 168 valence electrons. The second kappa shape index (κ2) is 10.8. The zero-order valence-electron chi connectivity index (χ0n) is 18.3. The van der Waals surface area contributed by atoms with Gasteiger partial charge < -0.3 is 5.53 Å². The first-order valence-corrected chi connectivity index (χ1v) is 13.5. The van der Waals surface area contributed by atoms with E-state index in [0.717, 1.165) is 36.8 Å². The fraction of sp³-hybridized carbons (Fsp3) is 0.435. The van der Waals surface area contributed by atoms with Gasteiger partial charge >= 0.3 is 5.04 Å². The average Bonchev–Trinajstić information content (AvgIpc) is 2.73. The zero-order chi connectivity index (χ0) is 23.1. The summed E-state index contributed by atoms with van der Waals surface area (Å²) in [7, 11) is -8.38. The third-order valence-electron chi connectivity index (χ3n) is 5.27. The second-order valence-corrected chi connectivity index (χ2v) is 11.8. The summed E-state index contributed by atoms with van der Waals surface area (Å²) in [6, 6.07) is 12.3. The molecular weight excluding hydrogens is 432 g/mol. The molecule has 2 aromatic carbocycles. The molecule has 0 fully saturated rings. The maximum Gasteiger partial charge on any atom is 0.404 e. The molecule has 6 nitrogen and oxygen atoms in total. The minimum atomic E-state index is -4.29. The highest BCUT2D eigenvalue weighted by atomic mass is 32.2. The Labute approximate surface area is 185 Å². The highest BCUT2D eigenvalue weighted by Crippen LogP contribution is 2.26. The fourth-order valence-corrected chi connectivity index (χ4v) is 7.07. The van der Waals surface area contributed by atoms with Crippen molar-refractivity contribution >= 4 is 24.7 Å². The van der Waals surface area contributed by atoms with Gasteiger partial charge in [0.25, 0.3) is 9.84 Å². The van der Waals surface area contributed by atoms with Crippen LogP contribution in [0.25, 0.3) is 5.53 Å². The van der Waals surface area contributed by atoms with Crippen molar-refractivity contribution in [3.05, 3.63) is 65.2 Å². The summed E-state index contributed by atoms with van der Waals surface area (Å²) in [5.74, 6) is 0. The van der Waals surface area contributed by atoms with Crippen LogP contribution in [0, 0.1) is 13.8 Å². The van der Waals surface area contributed by atoms with Crippen molar-refractivity contribution < 1.29 is 21.6 Å². The molecule has 2 rings (SSSR count). The van der Waals surface area contributed by atoms with E-state index in [1.807, 2.05) is 13.8 Å². The maximum absolute atomic E-state index is 13.4. The van der Waals surface area contributed by atoms with E-state index < -0.39 is 30.0 Å². The van der Waals surface area contributed by atoms with Crippen LogP contribution in [0.3, 0.4) is 0 Å². The van der Waals surface area contributed by atoms with Crippen molar-refractivity contribution in [2.75, 3.05) is 0 Å². The van der Waals surface area contributed by atoms with Crippen molar-refractivity contribution in [3.63, 3.8) is 0 Å².